The van der Waals surface area contributed by atoms with Gasteiger partial charge in [-0.2, -0.15) is 0 Å². The average molecular weight is 406 g/mol. The highest BCUT2D eigenvalue weighted by molar-refractivity contribution is 5.69. The summed E-state index contributed by atoms with van der Waals surface area (Å²) in [4.78, 5) is 24.0. The molecule has 1 aliphatic rings. The summed E-state index contributed by atoms with van der Waals surface area (Å²) >= 11 is 0. The van der Waals surface area contributed by atoms with E-state index >= 15 is 0 Å². The maximum Gasteiger partial charge on any atom is 0.407 e. The highest BCUT2D eigenvalue weighted by atomic mass is 16.6. The molecule has 2 rings (SSSR count). The van der Waals surface area contributed by atoms with Crippen LogP contribution in [0.5, 0.6) is 5.75 Å². The Balaban J connectivity index is 1.81. The van der Waals surface area contributed by atoms with Gasteiger partial charge in [0.25, 0.3) is 0 Å². The number of alkyl carbamates (subject to hydrolysis) is 1. The highest BCUT2D eigenvalue weighted by Gasteiger charge is 2.42. The van der Waals surface area contributed by atoms with Crippen molar-refractivity contribution in [1.82, 2.24) is 5.32 Å². The van der Waals surface area contributed by atoms with E-state index in [1.54, 1.807) is 6.92 Å². The number of rotatable bonds is 8. The summed E-state index contributed by atoms with van der Waals surface area (Å²) in [5.41, 5.74) is 0.0112. The average Bonchev–Trinajstić information content (AvgIpc) is 2.64. The second-order valence-electron chi connectivity index (χ2n) is 9.40. The van der Waals surface area contributed by atoms with Crippen LogP contribution in [0.3, 0.4) is 0 Å². The molecule has 0 bridgehead atoms. The summed E-state index contributed by atoms with van der Waals surface area (Å²) in [7, 11) is 1.43. The third-order valence-corrected chi connectivity index (χ3v) is 5.41. The van der Waals surface area contributed by atoms with Crippen molar-refractivity contribution in [2.45, 2.75) is 59.5 Å². The van der Waals surface area contributed by atoms with Crippen LogP contribution >= 0.6 is 0 Å². The van der Waals surface area contributed by atoms with E-state index in [0.29, 0.717) is 19.6 Å². The van der Waals surface area contributed by atoms with Gasteiger partial charge in [0, 0.05) is 13.0 Å². The van der Waals surface area contributed by atoms with Crippen molar-refractivity contribution in [3.63, 3.8) is 0 Å². The van der Waals surface area contributed by atoms with Gasteiger partial charge in [0.15, 0.2) is 0 Å². The zero-order chi connectivity index (χ0) is 21.5. The van der Waals surface area contributed by atoms with Gasteiger partial charge in [0.05, 0.1) is 7.11 Å². The molecule has 6 heteroatoms. The number of carbonyl (C=O) groups is 2. The minimum atomic E-state index is -0.441. The Labute approximate surface area is 174 Å². The summed E-state index contributed by atoms with van der Waals surface area (Å²) < 4.78 is 15.9. The number of ether oxygens (including phenoxy) is 3. The Bertz CT molecular complexity index is 675. The zero-order valence-corrected chi connectivity index (χ0v) is 18.3. The molecule has 29 heavy (non-hydrogen) atoms. The topological polar surface area (TPSA) is 73.9 Å². The molecular weight excluding hydrogens is 370 g/mol. The number of methoxy groups -OCH3 is 1. The van der Waals surface area contributed by atoms with Crippen molar-refractivity contribution < 1.29 is 23.8 Å². The molecule has 1 aliphatic carbocycles. The zero-order valence-electron chi connectivity index (χ0n) is 18.3. The fourth-order valence-corrected chi connectivity index (χ4v) is 4.72. The maximum absolute atomic E-state index is 12.3. The first-order chi connectivity index (χ1) is 13.6. The number of para-hydroxylation sites is 1. The van der Waals surface area contributed by atoms with Crippen LogP contribution in [0.1, 0.15) is 53.4 Å². The lowest BCUT2D eigenvalue weighted by atomic mass is 9.60. The fourth-order valence-electron chi connectivity index (χ4n) is 4.72. The van der Waals surface area contributed by atoms with Gasteiger partial charge >= 0.3 is 12.1 Å². The van der Waals surface area contributed by atoms with Crippen molar-refractivity contribution in [2.75, 3.05) is 20.3 Å². The van der Waals surface area contributed by atoms with Crippen molar-refractivity contribution in [1.29, 1.82) is 0 Å². The van der Waals surface area contributed by atoms with Crippen molar-refractivity contribution >= 4 is 12.1 Å². The first-order valence-electron chi connectivity index (χ1n) is 10.3. The van der Waals surface area contributed by atoms with Crippen LogP contribution in [-0.2, 0) is 14.3 Å². The number of esters is 1. The van der Waals surface area contributed by atoms with E-state index in [0.717, 1.165) is 25.0 Å². The number of benzene rings is 1. The molecule has 1 N–H and O–H groups in total. The molecule has 0 aliphatic heterocycles. The number of carbonyl (C=O) groups excluding carboxylic acids is 2. The summed E-state index contributed by atoms with van der Waals surface area (Å²) in [5.74, 6) is 0.832. The van der Waals surface area contributed by atoms with E-state index in [1.165, 1.54) is 7.11 Å². The van der Waals surface area contributed by atoms with Gasteiger partial charge in [0.1, 0.15) is 18.5 Å². The minimum absolute atomic E-state index is 0.0940. The molecule has 0 radical (unpaired) electrons. The van der Waals surface area contributed by atoms with E-state index in [-0.39, 0.29) is 28.8 Å². The van der Waals surface area contributed by atoms with E-state index < -0.39 is 6.09 Å². The second kappa shape index (κ2) is 9.99. The SMILES string of the molecule is COC(=O)CC1CC(C)(C)CC(C)(CNC(=O)OC(C)COc2ccccc2)C1. The van der Waals surface area contributed by atoms with Crippen molar-refractivity contribution in [2.24, 2.45) is 16.7 Å². The van der Waals surface area contributed by atoms with Gasteiger partial charge < -0.3 is 19.5 Å². The number of nitrogens with one attached hydrogen (secondary N) is 1. The Hall–Kier alpha value is -2.24. The lowest BCUT2D eigenvalue weighted by molar-refractivity contribution is -0.142. The lowest BCUT2D eigenvalue weighted by Gasteiger charge is -2.46. The third kappa shape index (κ3) is 7.95. The van der Waals surface area contributed by atoms with E-state index in [9.17, 15) is 9.59 Å². The summed E-state index contributed by atoms with van der Waals surface area (Å²) in [6.45, 7) is 9.22. The van der Waals surface area contributed by atoms with Gasteiger partial charge in [-0.1, -0.05) is 39.0 Å². The van der Waals surface area contributed by atoms with Crippen LogP contribution in [0.15, 0.2) is 30.3 Å². The quantitative estimate of drug-likeness (QED) is 0.641. The normalized spacial score (nSPS) is 24.2. The van der Waals surface area contributed by atoms with Gasteiger partial charge in [-0.25, -0.2) is 4.79 Å². The molecule has 0 heterocycles. The van der Waals surface area contributed by atoms with Crippen LogP contribution in [0.4, 0.5) is 4.79 Å². The molecule has 162 valence electrons. The molecule has 6 nitrogen and oxygen atoms in total. The molecule has 1 aromatic rings. The maximum atomic E-state index is 12.3. The van der Waals surface area contributed by atoms with Crippen molar-refractivity contribution in [3.8, 4) is 5.75 Å². The molecule has 1 fully saturated rings. The second-order valence-corrected chi connectivity index (χ2v) is 9.40. The number of amides is 1. The molecule has 0 saturated heterocycles. The van der Waals surface area contributed by atoms with E-state index in [1.807, 2.05) is 30.3 Å². The summed E-state index contributed by atoms with van der Waals surface area (Å²) in [5, 5.41) is 2.91. The summed E-state index contributed by atoms with van der Waals surface area (Å²) in [6.07, 6.45) is 2.45. The largest absolute Gasteiger partial charge is 0.490 e. The van der Waals surface area contributed by atoms with Crippen molar-refractivity contribution in [3.05, 3.63) is 30.3 Å². The molecule has 1 saturated carbocycles. The molecule has 3 unspecified atom stereocenters. The van der Waals surface area contributed by atoms with E-state index in [2.05, 4.69) is 26.1 Å². The first-order valence-corrected chi connectivity index (χ1v) is 10.3. The molecule has 0 aromatic heterocycles. The van der Waals surface area contributed by atoms with Crippen LogP contribution < -0.4 is 10.1 Å². The molecule has 1 amide bonds. The molecule has 1 aromatic carbocycles. The molecule has 0 spiro atoms. The smallest absolute Gasteiger partial charge is 0.407 e. The Morgan fingerprint density at radius 1 is 1.17 bits per heavy atom. The van der Waals surface area contributed by atoms with Crippen LogP contribution in [0.2, 0.25) is 0 Å². The standard InChI is InChI=1S/C23H35NO5/c1-17(14-28-19-9-7-6-8-10-19)29-21(26)24-16-23(4)13-18(11-20(25)27-5)12-22(2,3)15-23/h6-10,17-18H,11-16H2,1-5H3,(H,24,26). The Kier molecular flexibility index (Phi) is 7.94. The van der Waals surface area contributed by atoms with Gasteiger partial charge in [-0.3, -0.25) is 4.79 Å². The fraction of sp³-hybridized carbons (Fsp3) is 0.652. The molecule has 3 atom stereocenters. The number of hydrogen-bond acceptors (Lipinski definition) is 5. The number of hydrogen-bond donors (Lipinski definition) is 1. The predicted octanol–water partition coefficient (Wildman–Crippen LogP) is 4.58. The summed E-state index contributed by atoms with van der Waals surface area (Å²) in [6, 6.07) is 9.44. The predicted molar refractivity (Wildman–Crippen MR) is 112 cm³/mol. The van der Waals surface area contributed by atoms with Crippen LogP contribution in [0, 0.1) is 16.7 Å². The Morgan fingerprint density at radius 2 is 1.86 bits per heavy atom. The van der Waals surface area contributed by atoms with Gasteiger partial charge in [-0.05, 0) is 55.1 Å². The third-order valence-electron chi connectivity index (χ3n) is 5.41. The van der Waals surface area contributed by atoms with Crippen LogP contribution in [0.25, 0.3) is 0 Å². The first kappa shape index (κ1) is 23.0. The van der Waals surface area contributed by atoms with Gasteiger partial charge in [-0.15, -0.1) is 0 Å². The highest BCUT2D eigenvalue weighted by Crippen LogP contribution is 2.49. The van der Waals surface area contributed by atoms with Crippen LogP contribution in [-0.4, -0.2) is 38.4 Å². The van der Waals surface area contributed by atoms with E-state index in [4.69, 9.17) is 14.2 Å². The lowest BCUT2D eigenvalue weighted by Crippen LogP contribution is -2.44. The molecular formula is C23H35NO5. The van der Waals surface area contributed by atoms with Gasteiger partial charge in [0.2, 0.25) is 0 Å². The minimum Gasteiger partial charge on any atom is -0.490 e. The Morgan fingerprint density at radius 3 is 2.52 bits per heavy atom. The monoisotopic (exact) mass is 405 g/mol.